The Labute approximate surface area is 183 Å². The van der Waals surface area contributed by atoms with Gasteiger partial charge >= 0.3 is 0 Å². The molecule has 2 aromatic carbocycles. The zero-order valence-electron chi connectivity index (χ0n) is 17.9. The minimum Gasteiger partial charge on any atom is -0.493 e. The number of nitriles is 1. The number of ether oxygens (including phenoxy) is 2. The van der Waals surface area contributed by atoms with Crippen LogP contribution in [0, 0.1) is 25.2 Å². The molecule has 8 nitrogen and oxygen atoms in total. The first-order valence-electron chi connectivity index (χ1n) is 9.81. The number of nitrogens with zero attached hydrogens (tertiary/aromatic N) is 1. The van der Waals surface area contributed by atoms with Crippen molar-refractivity contribution >= 4 is 15.9 Å². The minimum absolute atomic E-state index is 0.0976. The van der Waals surface area contributed by atoms with Crippen molar-refractivity contribution in [2.45, 2.75) is 31.6 Å². The first-order chi connectivity index (χ1) is 14.8. The molecule has 2 rings (SSSR count). The molecule has 0 aliphatic heterocycles. The van der Waals surface area contributed by atoms with Crippen LogP contribution in [0.4, 0.5) is 0 Å². The van der Waals surface area contributed by atoms with Gasteiger partial charge in [0.1, 0.15) is 0 Å². The third-order valence-electron chi connectivity index (χ3n) is 4.47. The van der Waals surface area contributed by atoms with Crippen LogP contribution in [0.3, 0.4) is 0 Å². The summed E-state index contributed by atoms with van der Waals surface area (Å²) in [5.41, 5.74) is 2.00. The number of carbonyl (C=O) groups is 1. The van der Waals surface area contributed by atoms with E-state index in [1.807, 2.05) is 19.1 Å². The van der Waals surface area contributed by atoms with E-state index in [1.54, 1.807) is 37.3 Å². The molecule has 0 aliphatic carbocycles. The number of rotatable bonds is 11. The van der Waals surface area contributed by atoms with Crippen molar-refractivity contribution in [3.63, 3.8) is 0 Å². The zero-order valence-corrected chi connectivity index (χ0v) is 18.7. The van der Waals surface area contributed by atoms with E-state index < -0.39 is 10.0 Å². The second kappa shape index (κ2) is 11.3. The van der Waals surface area contributed by atoms with Crippen molar-refractivity contribution < 1.29 is 22.7 Å². The van der Waals surface area contributed by atoms with Crippen LogP contribution < -0.4 is 19.5 Å². The second-order valence-corrected chi connectivity index (χ2v) is 8.68. The Morgan fingerprint density at radius 2 is 1.87 bits per heavy atom. The van der Waals surface area contributed by atoms with Crippen molar-refractivity contribution in [2.24, 2.45) is 0 Å². The van der Waals surface area contributed by atoms with E-state index in [0.717, 1.165) is 5.56 Å². The molecule has 1 amide bonds. The maximum absolute atomic E-state index is 12.4. The van der Waals surface area contributed by atoms with E-state index in [0.29, 0.717) is 35.7 Å². The summed E-state index contributed by atoms with van der Waals surface area (Å²) < 4.78 is 38.2. The number of carbonyl (C=O) groups excluding carboxylic acids is 1. The lowest BCUT2D eigenvalue weighted by atomic mass is 10.2. The zero-order chi connectivity index (χ0) is 22.9. The maximum atomic E-state index is 12.4. The molecule has 0 aliphatic rings. The van der Waals surface area contributed by atoms with Crippen LogP contribution in [0.1, 0.15) is 29.5 Å². The molecule has 9 heteroatoms. The number of hydrogen-bond donors (Lipinski definition) is 2. The number of benzene rings is 2. The van der Waals surface area contributed by atoms with Crippen LogP contribution in [0.5, 0.6) is 11.5 Å². The Hall–Kier alpha value is -3.09. The highest BCUT2D eigenvalue weighted by Gasteiger charge is 2.16. The molecule has 0 heterocycles. The summed E-state index contributed by atoms with van der Waals surface area (Å²) in [6.07, 6.45) is 0.714. The fourth-order valence-electron chi connectivity index (χ4n) is 2.82. The summed E-state index contributed by atoms with van der Waals surface area (Å²) >= 11 is 0. The van der Waals surface area contributed by atoms with Gasteiger partial charge in [-0.25, -0.2) is 13.1 Å². The quantitative estimate of drug-likeness (QED) is 0.513. The van der Waals surface area contributed by atoms with Crippen molar-refractivity contribution in [3.05, 3.63) is 53.1 Å². The average molecular weight is 446 g/mol. The van der Waals surface area contributed by atoms with Crippen LogP contribution in [0.15, 0.2) is 41.3 Å². The fourth-order valence-corrected chi connectivity index (χ4v) is 4.18. The van der Waals surface area contributed by atoms with E-state index in [-0.39, 0.29) is 30.3 Å². The largest absolute Gasteiger partial charge is 0.493 e. The molecule has 166 valence electrons. The Kier molecular flexibility index (Phi) is 8.85. The normalized spacial score (nSPS) is 10.9. The molecule has 0 fully saturated rings. The van der Waals surface area contributed by atoms with Gasteiger partial charge in [-0.2, -0.15) is 5.26 Å². The van der Waals surface area contributed by atoms with Gasteiger partial charge in [-0.1, -0.05) is 12.1 Å². The highest BCUT2D eigenvalue weighted by molar-refractivity contribution is 7.89. The Morgan fingerprint density at radius 1 is 1.10 bits per heavy atom. The van der Waals surface area contributed by atoms with Gasteiger partial charge in [0.15, 0.2) is 11.5 Å². The van der Waals surface area contributed by atoms with E-state index in [4.69, 9.17) is 14.7 Å². The second-order valence-electron chi connectivity index (χ2n) is 6.95. The van der Waals surface area contributed by atoms with E-state index in [2.05, 4.69) is 10.0 Å². The van der Waals surface area contributed by atoms with Gasteiger partial charge in [0.25, 0.3) is 0 Å². The summed E-state index contributed by atoms with van der Waals surface area (Å²) in [7, 11) is -2.14. The monoisotopic (exact) mass is 445 g/mol. The lowest BCUT2D eigenvalue weighted by molar-refractivity contribution is -0.121. The molecule has 2 N–H and O–H groups in total. The van der Waals surface area contributed by atoms with Crippen LogP contribution >= 0.6 is 0 Å². The Balaban J connectivity index is 1.70. The predicted molar refractivity (Wildman–Crippen MR) is 117 cm³/mol. The molecule has 0 saturated heterocycles. The first kappa shape index (κ1) is 24.2. The van der Waals surface area contributed by atoms with Crippen LogP contribution in [-0.2, 0) is 14.8 Å². The smallest absolute Gasteiger partial charge is 0.240 e. The number of sulfonamides is 1. The molecule has 31 heavy (non-hydrogen) atoms. The molecule has 0 spiro atoms. The molecule has 0 aromatic heterocycles. The Bertz CT molecular complexity index is 1060. The number of methoxy groups -OCH3 is 1. The maximum Gasteiger partial charge on any atom is 0.240 e. The molecule has 0 radical (unpaired) electrons. The number of hydrogen-bond acceptors (Lipinski definition) is 6. The fraction of sp³-hybridized carbons (Fsp3) is 0.364. The highest BCUT2D eigenvalue weighted by Crippen LogP contribution is 2.27. The molecule has 0 atom stereocenters. The number of aryl methyl sites for hydroxylation is 2. The third-order valence-corrected chi connectivity index (χ3v) is 6.07. The third kappa shape index (κ3) is 7.27. The van der Waals surface area contributed by atoms with Gasteiger partial charge < -0.3 is 14.8 Å². The van der Waals surface area contributed by atoms with Crippen LogP contribution in [0.25, 0.3) is 0 Å². The predicted octanol–water partition coefficient (Wildman–Crippen LogP) is 2.44. The summed E-state index contributed by atoms with van der Waals surface area (Å²) in [5.74, 6) is 0.767. The van der Waals surface area contributed by atoms with Crippen LogP contribution in [0.2, 0.25) is 0 Å². The number of amides is 1. The lowest BCUT2D eigenvalue weighted by Crippen LogP contribution is -2.35. The van der Waals surface area contributed by atoms with E-state index in [1.165, 1.54) is 7.11 Å². The topological polar surface area (TPSA) is 118 Å². The van der Waals surface area contributed by atoms with Crippen molar-refractivity contribution in [1.29, 1.82) is 5.26 Å². The molecule has 0 saturated carbocycles. The molecule has 2 aromatic rings. The van der Waals surface area contributed by atoms with Crippen molar-refractivity contribution in [2.75, 3.05) is 26.8 Å². The highest BCUT2D eigenvalue weighted by atomic mass is 32.2. The van der Waals surface area contributed by atoms with Crippen molar-refractivity contribution in [3.8, 4) is 17.6 Å². The Morgan fingerprint density at radius 3 is 2.58 bits per heavy atom. The van der Waals surface area contributed by atoms with Crippen molar-refractivity contribution in [1.82, 2.24) is 10.0 Å². The summed E-state index contributed by atoms with van der Waals surface area (Å²) in [6.45, 7) is 4.16. The van der Waals surface area contributed by atoms with Gasteiger partial charge in [0.2, 0.25) is 15.9 Å². The molecule has 0 unspecified atom stereocenters. The summed E-state index contributed by atoms with van der Waals surface area (Å²) in [6, 6.07) is 12.1. The molecular formula is C22H27N3O5S. The summed E-state index contributed by atoms with van der Waals surface area (Å²) in [4.78, 5) is 12.2. The number of nitrogens with one attached hydrogen (secondary N) is 2. The van der Waals surface area contributed by atoms with Gasteiger partial charge in [-0.05, 0) is 49.6 Å². The average Bonchev–Trinajstić information content (AvgIpc) is 2.75. The van der Waals surface area contributed by atoms with E-state index >= 15 is 0 Å². The SMILES string of the molecule is COc1cc(C#N)ccc1OCCCC(=O)NCCNS(=O)(=O)c1cc(C)ccc1C. The minimum atomic E-state index is -3.63. The molecular weight excluding hydrogens is 418 g/mol. The van der Waals surface area contributed by atoms with Gasteiger partial charge in [0, 0.05) is 25.6 Å². The lowest BCUT2D eigenvalue weighted by Gasteiger charge is -2.12. The van der Waals surface area contributed by atoms with Gasteiger partial charge in [-0.15, -0.1) is 0 Å². The van der Waals surface area contributed by atoms with Gasteiger partial charge in [-0.3, -0.25) is 4.79 Å². The summed E-state index contributed by atoms with van der Waals surface area (Å²) in [5, 5.41) is 11.6. The first-order valence-corrected chi connectivity index (χ1v) is 11.3. The van der Waals surface area contributed by atoms with Gasteiger partial charge in [0.05, 0.1) is 30.2 Å². The van der Waals surface area contributed by atoms with Crippen LogP contribution in [-0.4, -0.2) is 41.1 Å². The molecule has 0 bridgehead atoms. The standard InChI is InChI=1S/C22H27N3O5S/c1-16-6-7-17(2)21(13-16)31(27,28)25-11-10-24-22(26)5-4-12-30-19-9-8-18(15-23)14-20(19)29-3/h6-9,13-14,25H,4-5,10-12H2,1-3H3,(H,24,26). The van der Waals surface area contributed by atoms with E-state index in [9.17, 15) is 13.2 Å².